The van der Waals surface area contributed by atoms with E-state index in [1.54, 1.807) is 0 Å². The van der Waals surface area contributed by atoms with Gasteiger partial charge in [-0.3, -0.25) is 0 Å². The van der Waals surface area contributed by atoms with E-state index in [0.717, 1.165) is 5.69 Å². The lowest BCUT2D eigenvalue weighted by Gasteiger charge is -2.15. The minimum atomic E-state index is 1.16. The molecule has 1 nitrogen and oxygen atoms in total. The van der Waals surface area contributed by atoms with Crippen LogP contribution >= 0.6 is 0 Å². The predicted molar refractivity (Wildman–Crippen MR) is 211 cm³/mol. The third-order valence-corrected chi connectivity index (χ3v) is 10.7. The fraction of sp³-hybridized carbons (Fsp3) is 0. The van der Waals surface area contributed by atoms with Crippen molar-refractivity contribution in [1.29, 1.82) is 0 Å². The quantitative estimate of drug-likeness (QED) is 0.170. The fourth-order valence-electron chi connectivity index (χ4n) is 8.62. The summed E-state index contributed by atoms with van der Waals surface area (Å²) in [6, 6.07) is 65.0. The highest BCUT2D eigenvalue weighted by atomic mass is 15.0. The van der Waals surface area contributed by atoms with Crippen molar-refractivity contribution in [2.45, 2.75) is 0 Å². The standard InChI is InChI=1S/C48H29N/c1-2-15-34-30(12-1)24-27-41-39-20-7-8-21-42(39)48-47(46(34)41)43-22-9-10-23-45(43)49(48)33-14-11-13-31(28-33)32-25-26-40-37-18-4-3-16-35(37)36-17-5-6-19-38(36)44(40)29-32/h1-29H. The van der Waals surface area contributed by atoms with Crippen molar-refractivity contribution in [3.05, 3.63) is 176 Å². The van der Waals surface area contributed by atoms with Crippen molar-refractivity contribution >= 4 is 86.4 Å². The number of para-hydroxylation sites is 1. The molecule has 10 aromatic carbocycles. The number of fused-ring (bicyclic) bond motifs is 16. The summed E-state index contributed by atoms with van der Waals surface area (Å²) in [5.74, 6) is 0. The van der Waals surface area contributed by atoms with Crippen molar-refractivity contribution < 1.29 is 0 Å². The molecule has 11 rings (SSSR count). The van der Waals surface area contributed by atoms with Crippen LogP contribution in [0.4, 0.5) is 0 Å². The van der Waals surface area contributed by atoms with Crippen LogP contribution in [-0.2, 0) is 0 Å². The van der Waals surface area contributed by atoms with E-state index in [4.69, 9.17) is 0 Å². The van der Waals surface area contributed by atoms with Gasteiger partial charge in [-0.2, -0.15) is 0 Å². The Hall–Kier alpha value is -6.44. The van der Waals surface area contributed by atoms with Crippen molar-refractivity contribution in [3.8, 4) is 16.8 Å². The van der Waals surface area contributed by atoms with E-state index in [9.17, 15) is 0 Å². The van der Waals surface area contributed by atoms with Crippen LogP contribution in [0.2, 0.25) is 0 Å². The van der Waals surface area contributed by atoms with Crippen LogP contribution in [0.15, 0.2) is 176 Å². The van der Waals surface area contributed by atoms with Gasteiger partial charge in [0.2, 0.25) is 0 Å². The fourth-order valence-corrected chi connectivity index (χ4v) is 8.62. The summed E-state index contributed by atoms with van der Waals surface area (Å²) < 4.78 is 2.50. The minimum absolute atomic E-state index is 1.16. The molecule has 0 saturated carbocycles. The van der Waals surface area contributed by atoms with Gasteiger partial charge in [0.1, 0.15) is 0 Å². The van der Waals surface area contributed by atoms with Crippen LogP contribution in [0.25, 0.3) is 103 Å². The molecule has 1 aromatic heterocycles. The van der Waals surface area contributed by atoms with Crippen LogP contribution in [-0.4, -0.2) is 4.57 Å². The molecular formula is C48H29N. The van der Waals surface area contributed by atoms with E-state index in [-0.39, 0.29) is 0 Å². The van der Waals surface area contributed by atoms with Crippen molar-refractivity contribution in [2.75, 3.05) is 0 Å². The second-order valence-electron chi connectivity index (χ2n) is 13.2. The molecule has 0 bridgehead atoms. The van der Waals surface area contributed by atoms with Gasteiger partial charge >= 0.3 is 0 Å². The second-order valence-corrected chi connectivity index (χ2v) is 13.2. The number of hydrogen-bond donors (Lipinski definition) is 0. The largest absolute Gasteiger partial charge is 0.309 e. The SMILES string of the molecule is c1cc(-c2ccc3c4ccccc4c4ccccc4c3c2)cc(-n2c3ccccc3c3c4c5ccccc5ccc4c4ccccc4c32)c1. The van der Waals surface area contributed by atoms with Crippen LogP contribution in [0.5, 0.6) is 0 Å². The lowest BCUT2D eigenvalue weighted by molar-refractivity contribution is 1.19. The molecule has 0 amide bonds. The van der Waals surface area contributed by atoms with Gasteiger partial charge < -0.3 is 4.57 Å². The van der Waals surface area contributed by atoms with Gasteiger partial charge in [0, 0.05) is 27.2 Å². The second kappa shape index (κ2) is 10.0. The molecular weight excluding hydrogens is 591 g/mol. The molecule has 1 heteroatoms. The number of aromatic nitrogens is 1. The number of hydrogen-bond acceptors (Lipinski definition) is 0. The molecule has 0 aliphatic heterocycles. The maximum absolute atomic E-state index is 2.50. The summed E-state index contributed by atoms with van der Waals surface area (Å²) in [4.78, 5) is 0. The average Bonchev–Trinajstić information content (AvgIpc) is 3.53. The van der Waals surface area contributed by atoms with E-state index in [0.29, 0.717) is 0 Å². The summed E-state index contributed by atoms with van der Waals surface area (Å²) in [5, 5.41) is 18.1. The molecule has 0 spiro atoms. The topological polar surface area (TPSA) is 4.93 Å². The Kier molecular flexibility index (Phi) is 5.45. The summed E-state index contributed by atoms with van der Waals surface area (Å²) in [7, 11) is 0. The first-order valence-corrected chi connectivity index (χ1v) is 17.0. The molecule has 49 heavy (non-hydrogen) atoms. The zero-order chi connectivity index (χ0) is 32.1. The van der Waals surface area contributed by atoms with Gasteiger partial charge in [0.25, 0.3) is 0 Å². The van der Waals surface area contributed by atoms with E-state index >= 15 is 0 Å². The maximum Gasteiger partial charge on any atom is 0.0626 e. The molecule has 1 heterocycles. The van der Waals surface area contributed by atoms with Crippen LogP contribution in [0.3, 0.4) is 0 Å². The van der Waals surface area contributed by atoms with E-state index < -0.39 is 0 Å². The third-order valence-electron chi connectivity index (χ3n) is 10.7. The van der Waals surface area contributed by atoms with Gasteiger partial charge in [-0.05, 0) is 89.3 Å². The Bertz CT molecular complexity index is 3130. The van der Waals surface area contributed by atoms with E-state index in [1.807, 2.05) is 0 Å². The molecule has 0 unspecified atom stereocenters. The zero-order valence-electron chi connectivity index (χ0n) is 26.7. The van der Waals surface area contributed by atoms with E-state index in [1.165, 1.54) is 97.6 Å². The summed E-state index contributed by atoms with van der Waals surface area (Å²) in [6.45, 7) is 0. The van der Waals surface area contributed by atoms with Crippen LogP contribution in [0.1, 0.15) is 0 Å². The van der Waals surface area contributed by atoms with Crippen molar-refractivity contribution in [2.24, 2.45) is 0 Å². The monoisotopic (exact) mass is 619 g/mol. The zero-order valence-corrected chi connectivity index (χ0v) is 26.7. The van der Waals surface area contributed by atoms with Crippen molar-refractivity contribution in [1.82, 2.24) is 4.57 Å². The van der Waals surface area contributed by atoms with E-state index in [2.05, 4.69) is 180 Å². The molecule has 0 atom stereocenters. The third kappa shape index (κ3) is 3.70. The highest BCUT2D eigenvalue weighted by Gasteiger charge is 2.20. The first kappa shape index (κ1) is 26.6. The molecule has 226 valence electrons. The number of nitrogens with zero attached hydrogens (tertiary/aromatic N) is 1. The summed E-state index contributed by atoms with van der Waals surface area (Å²) in [5.41, 5.74) is 6.07. The average molecular weight is 620 g/mol. The molecule has 0 aliphatic rings. The first-order chi connectivity index (χ1) is 24.3. The number of benzene rings is 10. The molecule has 0 aliphatic carbocycles. The maximum atomic E-state index is 2.50. The van der Waals surface area contributed by atoms with Crippen LogP contribution < -0.4 is 0 Å². The smallest absolute Gasteiger partial charge is 0.0626 e. The van der Waals surface area contributed by atoms with Gasteiger partial charge in [0.15, 0.2) is 0 Å². The van der Waals surface area contributed by atoms with Gasteiger partial charge in [-0.1, -0.05) is 152 Å². The van der Waals surface area contributed by atoms with Gasteiger partial charge in [-0.25, -0.2) is 0 Å². The predicted octanol–water partition coefficient (Wildman–Crippen LogP) is 13.4. The first-order valence-electron chi connectivity index (χ1n) is 17.0. The lowest BCUT2D eigenvalue weighted by atomic mass is 9.92. The Morgan fingerprint density at radius 1 is 0.286 bits per heavy atom. The summed E-state index contributed by atoms with van der Waals surface area (Å²) in [6.07, 6.45) is 0. The number of rotatable bonds is 2. The minimum Gasteiger partial charge on any atom is -0.309 e. The van der Waals surface area contributed by atoms with Gasteiger partial charge in [-0.15, -0.1) is 0 Å². The Balaban J connectivity index is 1.23. The highest BCUT2D eigenvalue weighted by molar-refractivity contribution is 6.37. The highest BCUT2D eigenvalue weighted by Crippen LogP contribution is 2.45. The molecule has 0 saturated heterocycles. The normalized spacial score (nSPS) is 12.1. The lowest BCUT2D eigenvalue weighted by Crippen LogP contribution is -1.95. The Morgan fingerprint density at radius 2 is 0.816 bits per heavy atom. The van der Waals surface area contributed by atoms with Crippen molar-refractivity contribution in [3.63, 3.8) is 0 Å². The molecule has 0 fully saturated rings. The van der Waals surface area contributed by atoms with Gasteiger partial charge in [0.05, 0.1) is 11.0 Å². The summed E-state index contributed by atoms with van der Waals surface area (Å²) >= 11 is 0. The molecule has 0 radical (unpaired) electrons. The Morgan fingerprint density at radius 3 is 1.55 bits per heavy atom. The Labute approximate surface area is 282 Å². The molecule has 0 N–H and O–H groups in total. The van der Waals surface area contributed by atoms with Crippen LogP contribution in [0, 0.1) is 0 Å². The molecule has 11 aromatic rings.